The van der Waals surface area contributed by atoms with Crippen LogP contribution in [0.15, 0.2) is 58.5 Å². The Kier molecular flexibility index (Phi) is 35.7. The number of amides is 2. The van der Waals surface area contributed by atoms with Crippen LogP contribution in [0.3, 0.4) is 0 Å². The van der Waals surface area contributed by atoms with Crippen molar-refractivity contribution in [3.8, 4) is 0 Å². The maximum absolute atomic E-state index is 12.3. The summed E-state index contributed by atoms with van der Waals surface area (Å²) in [4.78, 5) is 41.8. The van der Waals surface area contributed by atoms with Crippen LogP contribution in [-0.2, 0) is 9.59 Å². The molecule has 0 fully saturated rings. The largest absolute Gasteiger partial charge is 0.481 e. The first-order chi connectivity index (χ1) is 32.3. The zero-order valence-corrected chi connectivity index (χ0v) is 41.6. The summed E-state index contributed by atoms with van der Waals surface area (Å²) in [7, 11) is 0. The van der Waals surface area contributed by atoms with Crippen LogP contribution < -0.4 is 21.3 Å². The number of amidine groups is 2. The Hall–Kier alpha value is -4.41. The topological polar surface area (TPSA) is 165 Å². The molecule has 0 aromatic heterocycles. The van der Waals surface area contributed by atoms with Gasteiger partial charge in [0.05, 0.1) is 13.1 Å². The minimum Gasteiger partial charge on any atom is -0.481 e. The Morgan fingerprint density at radius 3 is 1.00 bits per heavy atom. The van der Waals surface area contributed by atoms with Crippen LogP contribution in [0.25, 0.3) is 0 Å². The molecule has 0 saturated carbocycles. The first-order valence-electron chi connectivity index (χ1n) is 26.6. The number of aliphatic imine (C=N–C) groups is 2. The van der Waals surface area contributed by atoms with Gasteiger partial charge in [-0.3, -0.25) is 19.6 Å². The molecule has 0 radical (unpaired) electrons. The molecule has 0 aliphatic carbocycles. The molecule has 2 aliphatic rings. The van der Waals surface area contributed by atoms with E-state index in [4.69, 9.17) is 10.2 Å². The van der Waals surface area contributed by atoms with Crippen molar-refractivity contribution in [3.63, 3.8) is 0 Å². The maximum atomic E-state index is 12.3. The van der Waals surface area contributed by atoms with E-state index in [1.165, 1.54) is 167 Å². The van der Waals surface area contributed by atoms with Gasteiger partial charge in [-0.05, 0) is 37.1 Å². The van der Waals surface area contributed by atoms with Gasteiger partial charge in [-0.25, -0.2) is 4.79 Å². The van der Waals surface area contributed by atoms with Crippen molar-refractivity contribution < 1.29 is 24.6 Å². The average Bonchev–Trinajstić information content (AvgIpc) is 4.06. The van der Waals surface area contributed by atoms with E-state index in [2.05, 4.69) is 45.1 Å². The van der Waals surface area contributed by atoms with Gasteiger partial charge in [-0.15, -0.1) is 0 Å². The summed E-state index contributed by atoms with van der Waals surface area (Å²) in [6, 6.07) is 15.0. The predicted octanol–water partition coefficient (Wildman–Crippen LogP) is 14.7. The second-order valence-electron chi connectivity index (χ2n) is 18.2. The lowest BCUT2D eigenvalue weighted by Crippen LogP contribution is -2.22. The van der Waals surface area contributed by atoms with Crippen LogP contribution in [0, 0.1) is 0 Å². The van der Waals surface area contributed by atoms with Crippen LogP contribution in [0.1, 0.15) is 230 Å². The number of carbonyl (C=O) groups is 3. The number of carboxylic acid groups (broad SMARTS) is 2. The Labute approximate surface area is 400 Å². The predicted molar refractivity (Wildman–Crippen MR) is 279 cm³/mol. The molecular weight excluding hydrogens is 825 g/mol. The van der Waals surface area contributed by atoms with Crippen molar-refractivity contribution in [2.24, 2.45) is 9.98 Å². The number of unbranched alkanes of at least 4 members (excludes halogenated alkanes) is 28. The van der Waals surface area contributed by atoms with Crippen LogP contribution in [0.4, 0.5) is 16.2 Å². The highest BCUT2D eigenvalue weighted by atomic mass is 16.4. The minimum absolute atomic E-state index is 0.290. The molecule has 11 heteroatoms. The minimum atomic E-state index is -0.653. The van der Waals surface area contributed by atoms with Crippen LogP contribution in [-0.4, -0.2) is 66.0 Å². The number of carbonyl (C=O) groups excluding carboxylic acids is 1. The van der Waals surface area contributed by atoms with Crippen molar-refractivity contribution in [2.45, 2.75) is 219 Å². The Morgan fingerprint density at radius 2 is 0.742 bits per heavy atom. The number of anilines is 2. The number of carboxylic acids is 2. The van der Waals surface area contributed by atoms with E-state index in [0.29, 0.717) is 12.8 Å². The number of nitrogens with zero attached hydrogens (tertiary/aromatic N) is 2. The Balaban J connectivity index is 0.000000346. The van der Waals surface area contributed by atoms with Gasteiger partial charge in [0.1, 0.15) is 11.7 Å². The van der Waals surface area contributed by atoms with Crippen molar-refractivity contribution in [1.82, 2.24) is 10.6 Å². The third kappa shape index (κ3) is 32.3. The number of nitrogens with one attached hydrogen (secondary N) is 4. The lowest BCUT2D eigenvalue weighted by Gasteiger charge is -2.10. The van der Waals surface area contributed by atoms with Crippen molar-refractivity contribution in [2.75, 3.05) is 36.8 Å². The summed E-state index contributed by atoms with van der Waals surface area (Å²) < 4.78 is 0. The summed E-state index contributed by atoms with van der Waals surface area (Å²) in [6.45, 7) is 7.81. The number of hydrogen-bond donors (Lipinski definition) is 6. The summed E-state index contributed by atoms with van der Waals surface area (Å²) in [5.41, 5.74) is 3.36. The van der Waals surface area contributed by atoms with E-state index in [9.17, 15) is 14.4 Å². The molecule has 372 valence electrons. The monoisotopic (exact) mass is 917 g/mol. The molecule has 0 spiro atoms. The highest BCUT2D eigenvalue weighted by molar-refractivity contribution is 6.04. The van der Waals surface area contributed by atoms with Gasteiger partial charge >= 0.3 is 18.0 Å². The van der Waals surface area contributed by atoms with Gasteiger partial charge in [-0.2, -0.15) is 0 Å². The third-order valence-electron chi connectivity index (χ3n) is 12.1. The summed E-state index contributed by atoms with van der Waals surface area (Å²) in [6.07, 6.45) is 40.4. The molecule has 0 bridgehead atoms. The molecule has 2 aromatic rings. The first-order valence-corrected chi connectivity index (χ1v) is 26.6. The zero-order valence-electron chi connectivity index (χ0n) is 41.6. The molecule has 4 rings (SSSR count). The number of urea groups is 1. The molecule has 6 N–H and O–H groups in total. The van der Waals surface area contributed by atoms with Crippen molar-refractivity contribution >= 4 is 41.0 Å². The van der Waals surface area contributed by atoms with Crippen LogP contribution >= 0.6 is 0 Å². The maximum Gasteiger partial charge on any atom is 0.323 e. The van der Waals surface area contributed by atoms with Gasteiger partial charge < -0.3 is 31.5 Å². The Bertz CT molecular complexity index is 1500. The van der Waals surface area contributed by atoms with E-state index >= 15 is 0 Å². The molecule has 2 amide bonds. The molecule has 2 aromatic carbocycles. The number of benzene rings is 2. The fourth-order valence-corrected chi connectivity index (χ4v) is 8.26. The second-order valence-corrected chi connectivity index (χ2v) is 18.2. The lowest BCUT2D eigenvalue weighted by atomic mass is 10.0. The van der Waals surface area contributed by atoms with Crippen molar-refractivity contribution in [1.29, 1.82) is 0 Å². The van der Waals surface area contributed by atoms with Gasteiger partial charge in [0, 0.05) is 48.4 Å². The third-order valence-corrected chi connectivity index (χ3v) is 12.1. The molecule has 2 heterocycles. The highest BCUT2D eigenvalue weighted by Gasteiger charge is 2.12. The molecule has 0 atom stereocenters. The SMILES string of the molecule is CCCCCCCCCCCCCCCCCC(=O)O.CCCCCCCCCCCCCCCCCC(=O)O.O=C(Nc1cccc(C2=NCCN2)c1)Nc1cccc(C2=NCCN2)c1. The molecular formula is C55H92N6O5. The van der Waals surface area contributed by atoms with E-state index in [1.54, 1.807) is 0 Å². The molecule has 66 heavy (non-hydrogen) atoms. The summed E-state index contributed by atoms with van der Waals surface area (Å²) in [5.74, 6) is 0.428. The molecule has 0 saturated heterocycles. The number of hydrogen-bond acceptors (Lipinski definition) is 7. The Morgan fingerprint density at radius 1 is 0.455 bits per heavy atom. The second kappa shape index (κ2) is 40.8. The average molecular weight is 917 g/mol. The van der Waals surface area contributed by atoms with Gasteiger partial charge in [0.15, 0.2) is 0 Å². The molecule has 2 aliphatic heterocycles. The van der Waals surface area contributed by atoms with Gasteiger partial charge in [0.2, 0.25) is 0 Å². The van der Waals surface area contributed by atoms with E-state index in [1.807, 2.05) is 48.5 Å². The van der Waals surface area contributed by atoms with E-state index < -0.39 is 11.9 Å². The van der Waals surface area contributed by atoms with E-state index in [-0.39, 0.29) is 6.03 Å². The van der Waals surface area contributed by atoms with Crippen LogP contribution in [0.5, 0.6) is 0 Å². The number of aliphatic carboxylic acids is 2. The zero-order chi connectivity index (χ0) is 47.6. The fraction of sp³-hybridized carbons (Fsp3) is 0.691. The molecule has 11 nitrogen and oxygen atoms in total. The summed E-state index contributed by atoms with van der Waals surface area (Å²) in [5, 5.41) is 29.2. The van der Waals surface area contributed by atoms with Gasteiger partial charge in [0.25, 0.3) is 0 Å². The lowest BCUT2D eigenvalue weighted by molar-refractivity contribution is -0.138. The first kappa shape index (κ1) is 57.7. The highest BCUT2D eigenvalue weighted by Crippen LogP contribution is 2.18. The van der Waals surface area contributed by atoms with Crippen LogP contribution in [0.2, 0.25) is 0 Å². The standard InChI is InChI=1S/C19H20N6O.2C18H36O2/c26-19(24-15-5-1-3-13(11-15)17-20-7-8-21-17)25-16-6-2-4-14(12-16)18-22-9-10-23-18;2*1-2-3-4-5-6-7-8-9-10-11-12-13-14-15-16-17-18(19)20/h1-6,11-12H,7-10H2,(H,20,21)(H,22,23)(H2,24,25,26);2*2-17H2,1H3,(H,19,20). The van der Waals surface area contributed by atoms with Crippen molar-refractivity contribution in [3.05, 3.63) is 59.7 Å². The number of rotatable bonds is 36. The fourth-order valence-electron chi connectivity index (χ4n) is 8.26. The molecule has 0 unspecified atom stereocenters. The van der Waals surface area contributed by atoms with E-state index in [0.717, 1.165) is 86.0 Å². The van der Waals surface area contributed by atoms with Gasteiger partial charge in [-0.1, -0.05) is 218 Å². The smallest absolute Gasteiger partial charge is 0.323 e. The quantitative estimate of drug-likeness (QED) is 0.0370. The summed E-state index contributed by atoms with van der Waals surface area (Å²) >= 11 is 0. The normalized spacial score (nSPS) is 12.7.